The lowest BCUT2D eigenvalue weighted by Crippen LogP contribution is -2.19. The highest BCUT2D eigenvalue weighted by Crippen LogP contribution is 2.41. The topological polar surface area (TPSA) is 72.5 Å². The second kappa shape index (κ2) is 10.5. The van der Waals surface area contributed by atoms with E-state index in [1.807, 2.05) is 80.6 Å². The van der Waals surface area contributed by atoms with E-state index in [2.05, 4.69) is 6.08 Å². The summed E-state index contributed by atoms with van der Waals surface area (Å²) in [6, 6.07) is 21.1. The predicted molar refractivity (Wildman–Crippen MR) is 137 cm³/mol. The first-order chi connectivity index (χ1) is 16.4. The van der Waals surface area contributed by atoms with Crippen molar-refractivity contribution in [3.05, 3.63) is 106 Å². The number of carbonyl (C=O) groups is 1. The van der Waals surface area contributed by atoms with E-state index < -0.39 is 5.97 Å². The van der Waals surface area contributed by atoms with Crippen LogP contribution in [0.15, 0.2) is 78.4 Å². The molecule has 34 heavy (non-hydrogen) atoms. The number of esters is 1. The molecule has 1 fully saturated rings. The number of aryl methyl sites for hydroxylation is 2. The van der Waals surface area contributed by atoms with Crippen molar-refractivity contribution < 1.29 is 14.6 Å². The standard InChI is InChI=1S/C30H31NO3/c1-20-6-8-22(9-7-20)13-17-28(32)34-26-15-11-23(12-16-26)18-24-10-14-25(19-24)29(31)27-5-3-4-21(2)30(27)33/h3-9,11-13,15-18,25,29,33H,10,14,19,31H2,1-2H3/b17-13+,24-18+. The number of allylic oxidation sites excluding steroid dienone is 1. The van der Waals surface area contributed by atoms with Gasteiger partial charge in [-0.25, -0.2) is 4.79 Å². The van der Waals surface area contributed by atoms with Gasteiger partial charge in [-0.3, -0.25) is 0 Å². The van der Waals surface area contributed by atoms with Gasteiger partial charge in [-0.05, 0) is 73.9 Å². The molecule has 0 radical (unpaired) electrons. The molecule has 4 heteroatoms. The van der Waals surface area contributed by atoms with Crippen LogP contribution in [0.5, 0.6) is 11.5 Å². The highest BCUT2D eigenvalue weighted by molar-refractivity contribution is 5.88. The quantitative estimate of drug-likeness (QED) is 0.253. The van der Waals surface area contributed by atoms with Crippen molar-refractivity contribution in [2.45, 2.75) is 39.2 Å². The molecule has 0 spiro atoms. The Hall–Kier alpha value is -3.63. The Kier molecular flexibility index (Phi) is 7.29. The number of rotatable bonds is 6. The van der Waals surface area contributed by atoms with E-state index in [-0.39, 0.29) is 6.04 Å². The summed E-state index contributed by atoms with van der Waals surface area (Å²) >= 11 is 0. The normalized spacial score (nSPS) is 17.9. The third-order valence-corrected chi connectivity index (χ3v) is 6.46. The molecule has 4 nitrogen and oxygen atoms in total. The minimum atomic E-state index is -0.404. The van der Waals surface area contributed by atoms with Crippen molar-refractivity contribution in [2.75, 3.05) is 0 Å². The fourth-order valence-electron chi connectivity index (χ4n) is 4.41. The number of benzene rings is 3. The van der Waals surface area contributed by atoms with Gasteiger partial charge in [0.25, 0.3) is 0 Å². The van der Waals surface area contributed by atoms with Crippen molar-refractivity contribution in [1.29, 1.82) is 0 Å². The van der Waals surface area contributed by atoms with E-state index in [9.17, 15) is 9.90 Å². The summed E-state index contributed by atoms with van der Waals surface area (Å²) in [4.78, 5) is 12.1. The number of aromatic hydroxyl groups is 1. The predicted octanol–water partition coefficient (Wildman–Crippen LogP) is 6.51. The first-order valence-corrected chi connectivity index (χ1v) is 11.7. The molecule has 0 heterocycles. The molecule has 1 aliphatic carbocycles. The molecule has 0 bridgehead atoms. The average molecular weight is 454 g/mol. The maximum absolute atomic E-state index is 12.1. The van der Waals surface area contributed by atoms with Crippen molar-refractivity contribution in [3.8, 4) is 11.5 Å². The number of ether oxygens (including phenoxy) is 1. The summed E-state index contributed by atoms with van der Waals surface area (Å²) in [6.45, 7) is 3.92. The molecule has 1 saturated carbocycles. The van der Waals surface area contributed by atoms with Gasteiger partial charge in [0.2, 0.25) is 0 Å². The van der Waals surface area contributed by atoms with Gasteiger partial charge < -0.3 is 15.6 Å². The Morgan fingerprint density at radius 3 is 2.47 bits per heavy atom. The van der Waals surface area contributed by atoms with Crippen LogP contribution in [-0.2, 0) is 4.79 Å². The summed E-state index contributed by atoms with van der Waals surface area (Å²) in [6.07, 6.45) is 8.28. The minimum absolute atomic E-state index is 0.180. The summed E-state index contributed by atoms with van der Waals surface area (Å²) in [5, 5.41) is 10.4. The molecule has 174 valence electrons. The van der Waals surface area contributed by atoms with Gasteiger partial charge in [0.05, 0.1) is 0 Å². The zero-order valence-electron chi connectivity index (χ0n) is 19.7. The van der Waals surface area contributed by atoms with Crippen LogP contribution < -0.4 is 10.5 Å². The van der Waals surface area contributed by atoms with Crippen molar-refractivity contribution in [2.24, 2.45) is 11.7 Å². The molecule has 0 aliphatic heterocycles. The Labute approximate surface area is 201 Å². The molecule has 4 rings (SSSR count). The molecule has 2 unspecified atom stereocenters. The molecular weight excluding hydrogens is 422 g/mol. The number of hydrogen-bond acceptors (Lipinski definition) is 4. The summed E-state index contributed by atoms with van der Waals surface area (Å²) < 4.78 is 5.42. The average Bonchev–Trinajstić information content (AvgIpc) is 3.30. The molecule has 3 aromatic rings. The van der Waals surface area contributed by atoms with Gasteiger partial charge in [-0.2, -0.15) is 0 Å². The molecule has 3 N–H and O–H groups in total. The molecule has 1 aliphatic rings. The van der Waals surface area contributed by atoms with E-state index in [1.54, 1.807) is 6.08 Å². The number of phenolic OH excluding ortho intramolecular Hbond substituents is 1. The van der Waals surface area contributed by atoms with E-state index >= 15 is 0 Å². The van der Waals surface area contributed by atoms with E-state index in [0.717, 1.165) is 41.5 Å². The number of hydrogen-bond donors (Lipinski definition) is 2. The van der Waals surface area contributed by atoms with Crippen LogP contribution in [0.2, 0.25) is 0 Å². The van der Waals surface area contributed by atoms with Gasteiger partial charge in [-0.1, -0.05) is 71.8 Å². The molecule has 3 aromatic carbocycles. The number of carbonyl (C=O) groups excluding carboxylic acids is 1. The van der Waals surface area contributed by atoms with Crippen molar-refractivity contribution >= 4 is 18.1 Å². The van der Waals surface area contributed by atoms with Crippen LogP contribution >= 0.6 is 0 Å². The van der Waals surface area contributed by atoms with Crippen LogP contribution in [0.3, 0.4) is 0 Å². The zero-order chi connectivity index (χ0) is 24.1. The first kappa shape index (κ1) is 23.5. The summed E-state index contributed by atoms with van der Waals surface area (Å²) in [5.74, 6) is 0.728. The number of phenols is 1. The lowest BCUT2D eigenvalue weighted by molar-refractivity contribution is -0.128. The van der Waals surface area contributed by atoms with E-state index in [1.165, 1.54) is 17.2 Å². The molecule has 0 amide bonds. The van der Waals surface area contributed by atoms with Crippen LogP contribution in [-0.4, -0.2) is 11.1 Å². The molecule has 2 atom stereocenters. The maximum Gasteiger partial charge on any atom is 0.336 e. The largest absolute Gasteiger partial charge is 0.507 e. The SMILES string of the molecule is Cc1ccc(/C=C/C(=O)Oc2ccc(/C=C3\CCC(C(N)c4cccc(C)c4O)C3)cc2)cc1. The van der Waals surface area contributed by atoms with Crippen molar-refractivity contribution in [3.63, 3.8) is 0 Å². The highest BCUT2D eigenvalue weighted by Gasteiger charge is 2.28. The van der Waals surface area contributed by atoms with Gasteiger partial charge in [0.1, 0.15) is 11.5 Å². The fourth-order valence-corrected chi connectivity index (χ4v) is 4.41. The second-order valence-electron chi connectivity index (χ2n) is 9.08. The second-order valence-corrected chi connectivity index (χ2v) is 9.08. The maximum atomic E-state index is 12.1. The lowest BCUT2D eigenvalue weighted by atomic mass is 9.90. The van der Waals surface area contributed by atoms with Crippen LogP contribution in [0.25, 0.3) is 12.2 Å². The zero-order valence-corrected chi connectivity index (χ0v) is 19.7. The molecule has 0 aromatic heterocycles. The van der Waals surface area contributed by atoms with Crippen molar-refractivity contribution in [1.82, 2.24) is 0 Å². The summed E-state index contributed by atoms with van der Waals surface area (Å²) in [5.41, 5.74) is 12.7. The smallest absolute Gasteiger partial charge is 0.336 e. The number of nitrogens with two attached hydrogens (primary N) is 1. The van der Waals surface area contributed by atoms with Gasteiger partial charge >= 0.3 is 5.97 Å². The lowest BCUT2D eigenvalue weighted by Gasteiger charge is -2.20. The van der Waals surface area contributed by atoms with E-state index in [0.29, 0.717) is 17.4 Å². The fraction of sp³-hybridized carbons (Fsp3) is 0.233. The first-order valence-electron chi connectivity index (χ1n) is 11.7. The molecular formula is C30H31NO3. The van der Waals surface area contributed by atoms with Crippen LogP contribution in [0.1, 0.15) is 53.1 Å². The Morgan fingerprint density at radius 2 is 1.74 bits per heavy atom. The third-order valence-electron chi connectivity index (χ3n) is 6.46. The Balaban J connectivity index is 1.34. The summed E-state index contributed by atoms with van der Waals surface area (Å²) in [7, 11) is 0. The van der Waals surface area contributed by atoms with Gasteiger partial charge in [-0.15, -0.1) is 0 Å². The van der Waals surface area contributed by atoms with Gasteiger partial charge in [0.15, 0.2) is 0 Å². The monoisotopic (exact) mass is 453 g/mol. The Bertz CT molecular complexity index is 1210. The Morgan fingerprint density at radius 1 is 1.03 bits per heavy atom. The van der Waals surface area contributed by atoms with Gasteiger partial charge in [0, 0.05) is 17.7 Å². The molecule has 0 saturated heterocycles. The van der Waals surface area contributed by atoms with E-state index in [4.69, 9.17) is 10.5 Å². The third kappa shape index (κ3) is 5.83. The highest BCUT2D eigenvalue weighted by atomic mass is 16.5. The number of para-hydroxylation sites is 1. The van der Waals surface area contributed by atoms with Crippen LogP contribution in [0.4, 0.5) is 0 Å². The van der Waals surface area contributed by atoms with Crippen LogP contribution in [0, 0.1) is 19.8 Å². The minimum Gasteiger partial charge on any atom is -0.507 e.